The van der Waals surface area contributed by atoms with Gasteiger partial charge in [0.15, 0.2) is 0 Å². The Bertz CT molecular complexity index is 942. The monoisotopic (exact) mass is 365 g/mol. The minimum Gasteiger partial charge on any atom is -0.507 e. The molecule has 140 valence electrons. The van der Waals surface area contributed by atoms with Crippen LogP contribution in [-0.4, -0.2) is 28.7 Å². The number of nitrogens with two attached hydrogens (primary N) is 2. The van der Waals surface area contributed by atoms with Gasteiger partial charge in [0.05, 0.1) is 12.2 Å². The van der Waals surface area contributed by atoms with Crippen LogP contribution in [0, 0.1) is 0 Å². The van der Waals surface area contributed by atoms with Gasteiger partial charge in [-0.2, -0.15) is 4.98 Å². The summed E-state index contributed by atoms with van der Waals surface area (Å²) in [6.45, 7) is 2.39. The maximum Gasteiger partial charge on any atom is 0.221 e. The first kappa shape index (κ1) is 18.3. The maximum absolute atomic E-state index is 10.7. The van der Waals surface area contributed by atoms with E-state index in [0.717, 1.165) is 22.4 Å². The first-order valence-corrected chi connectivity index (χ1v) is 8.65. The van der Waals surface area contributed by atoms with Crippen molar-refractivity contribution in [3.05, 3.63) is 53.7 Å². The van der Waals surface area contributed by atoms with Gasteiger partial charge in [-0.25, -0.2) is 4.98 Å². The Morgan fingerprint density at radius 2 is 1.89 bits per heavy atom. The summed E-state index contributed by atoms with van der Waals surface area (Å²) >= 11 is 0. The molecule has 7 nitrogen and oxygen atoms in total. The van der Waals surface area contributed by atoms with Crippen molar-refractivity contribution in [1.29, 1.82) is 0 Å². The fourth-order valence-corrected chi connectivity index (χ4v) is 2.91. The molecule has 2 aromatic carbocycles. The molecule has 0 radical (unpaired) electrons. The Balaban J connectivity index is 2.00. The molecule has 7 heteroatoms. The molecule has 0 spiro atoms. The van der Waals surface area contributed by atoms with Crippen LogP contribution in [0.4, 0.5) is 17.5 Å². The van der Waals surface area contributed by atoms with E-state index < -0.39 is 0 Å². The second kappa shape index (κ2) is 7.82. The van der Waals surface area contributed by atoms with Gasteiger partial charge in [0.1, 0.15) is 17.3 Å². The fraction of sp³-hybridized carbons (Fsp3) is 0.200. The van der Waals surface area contributed by atoms with Crippen molar-refractivity contribution in [2.45, 2.75) is 13.3 Å². The van der Waals surface area contributed by atoms with Crippen molar-refractivity contribution in [3.63, 3.8) is 0 Å². The van der Waals surface area contributed by atoms with Crippen molar-refractivity contribution >= 4 is 17.5 Å². The molecule has 3 aromatic rings. The van der Waals surface area contributed by atoms with E-state index in [9.17, 15) is 5.11 Å². The van der Waals surface area contributed by atoms with Gasteiger partial charge in [-0.15, -0.1) is 0 Å². The zero-order chi connectivity index (χ0) is 19.4. The van der Waals surface area contributed by atoms with Crippen LogP contribution in [0.3, 0.4) is 0 Å². The van der Waals surface area contributed by atoms with Gasteiger partial charge in [0.25, 0.3) is 0 Å². The molecule has 0 saturated carbocycles. The first-order chi connectivity index (χ1) is 13.0. The van der Waals surface area contributed by atoms with Gasteiger partial charge in [-0.3, -0.25) is 0 Å². The third kappa shape index (κ3) is 4.03. The van der Waals surface area contributed by atoms with Gasteiger partial charge in [0.2, 0.25) is 5.95 Å². The SMILES string of the molecule is CCOc1cc(Cc2cnc(N)nc2N)cc(O)c1-c1ccc(NC)cc1. The van der Waals surface area contributed by atoms with Crippen LogP contribution >= 0.6 is 0 Å². The van der Waals surface area contributed by atoms with E-state index in [1.165, 1.54) is 0 Å². The summed E-state index contributed by atoms with van der Waals surface area (Å²) in [5.41, 5.74) is 15.6. The highest BCUT2D eigenvalue weighted by molar-refractivity contribution is 5.78. The molecule has 1 aromatic heterocycles. The molecule has 0 unspecified atom stereocenters. The number of aromatic hydroxyl groups is 1. The normalized spacial score (nSPS) is 10.6. The number of anilines is 3. The number of ether oxygens (including phenoxy) is 1. The molecule has 6 N–H and O–H groups in total. The summed E-state index contributed by atoms with van der Waals surface area (Å²) in [7, 11) is 1.86. The van der Waals surface area contributed by atoms with Crippen molar-refractivity contribution < 1.29 is 9.84 Å². The van der Waals surface area contributed by atoms with Crippen LogP contribution in [0.25, 0.3) is 11.1 Å². The van der Waals surface area contributed by atoms with Crippen LogP contribution in [0.2, 0.25) is 0 Å². The second-order valence-corrected chi connectivity index (χ2v) is 6.06. The molecular formula is C20H23N5O2. The van der Waals surface area contributed by atoms with Crippen LogP contribution in [0.1, 0.15) is 18.1 Å². The van der Waals surface area contributed by atoms with Gasteiger partial charge >= 0.3 is 0 Å². The van der Waals surface area contributed by atoms with Crippen molar-refractivity contribution in [3.8, 4) is 22.6 Å². The lowest BCUT2D eigenvalue weighted by molar-refractivity contribution is 0.339. The number of hydrogen-bond acceptors (Lipinski definition) is 7. The summed E-state index contributed by atoms with van der Waals surface area (Å²) in [4.78, 5) is 7.96. The van der Waals surface area contributed by atoms with Crippen LogP contribution in [0.15, 0.2) is 42.6 Å². The number of aromatic nitrogens is 2. The van der Waals surface area contributed by atoms with E-state index in [1.54, 1.807) is 12.3 Å². The van der Waals surface area contributed by atoms with E-state index >= 15 is 0 Å². The average molecular weight is 365 g/mol. The van der Waals surface area contributed by atoms with Gasteiger partial charge in [0, 0.05) is 30.9 Å². The standard InChI is InChI=1S/C20H23N5O2/c1-3-27-17-10-12(8-14-11-24-20(22)25-19(14)21)9-16(26)18(17)13-4-6-15(23-2)7-5-13/h4-7,9-11,23,26H,3,8H2,1-2H3,(H4,21,22,24,25). The maximum atomic E-state index is 10.7. The van der Waals surface area contributed by atoms with Gasteiger partial charge in [-0.1, -0.05) is 12.1 Å². The first-order valence-electron chi connectivity index (χ1n) is 8.65. The summed E-state index contributed by atoms with van der Waals surface area (Å²) in [5, 5.41) is 13.8. The van der Waals surface area contributed by atoms with Crippen molar-refractivity contribution in [1.82, 2.24) is 9.97 Å². The summed E-state index contributed by atoms with van der Waals surface area (Å²) in [6, 6.07) is 11.4. The number of nitrogens with zero attached hydrogens (tertiary/aromatic N) is 2. The Labute approximate surface area is 158 Å². The van der Waals surface area contributed by atoms with E-state index in [2.05, 4.69) is 15.3 Å². The van der Waals surface area contributed by atoms with Crippen LogP contribution in [0.5, 0.6) is 11.5 Å². The molecular weight excluding hydrogens is 342 g/mol. The van der Waals surface area contributed by atoms with E-state index in [0.29, 0.717) is 30.2 Å². The topological polar surface area (TPSA) is 119 Å². The highest BCUT2D eigenvalue weighted by Gasteiger charge is 2.15. The van der Waals surface area contributed by atoms with E-state index in [-0.39, 0.29) is 11.7 Å². The molecule has 0 aliphatic rings. The Kier molecular flexibility index (Phi) is 5.30. The lowest BCUT2D eigenvalue weighted by atomic mass is 9.98. The minimum absolute atomic E-state index is 0.134. The largest absolute Gasteiger partial charge is 0.507 e. The molecule has 27 heavy (non-hydrogen) atoms. The average Bonchev–Trinajstić information content (AvgIpc) is 2.64. The number of hydrogen-bond donors (Lipinski definition) is 4. The highest BCUT2D eigenvalue weighted by atomic mass is 16.5. The van der Waals surface area contributed by atoms with Gasteiger partial charge < -0.3 is 26.6 Å². The Hall–Kier alpha value is -3.48. The van der Waals surface area contributed by atoms with Crippen molar-refractivity contribution in [2.75, 3.05) is 30.4 Å². The zero-order valence-electron chi connectivity index (χ0n) is 15.4. The van der Waals surface area contributed by atoms with Crippen LogP contribution < -0.4 is 21.5 Å². The molecule has 0 amide bonds. The van der Waals surface area contributed by atoms with E-state index in [1.807, 2.05) is 44.3 Å². The summed E-state index contributed by atoms with van der Waals surface area (Å²) < 4.78 is 5.80. The molecule has 1 heterocycles. The predicted molar refractivity (Wildman–Crippen MR) is 108 cm³/mol. The molecule has 0 aliphatic heterocycles. The number of rotatable bonds is 6. The highest BCUT2D eigenvalue weighted by Crippen LogP contribution is 2.40. The summed E-state index contributed by atoms with van der Waals surface area (Å²) in [5.74, 6) is 1.21. The molecule has 0 aliphatic carbocycles. The number of benzene rings is 2. The smallest absolute Gasteiger partial charge is 0.221 e. The third-order valence-electron chi connectivity index (χ3n) is 4.21. The quantitative estimate of drug-likeness (QED) is 0.530. The minimum atomic E-state index is 0.134. The second-order valence-electron chi connectivity index (χ2n) is 6.06. The molecule has 0 saturated heterocycles. The third-order valence-corrected chi connectivity index (χ3v) is 4.21. The number of nitrogens with one attached hydrogen (secondary N) is 1. The fourth-order valence-electron chi connectivity index (χ4n) is 2.91. The predicted octanol–water partition coefficient (Wildman–Crippen LogP) is 3.04. The zero-order valence-corrected chi connectivity index (χ0v) is 15.4. The number of phenols is 1. The van der Waals surface area contributed by atoms with E-state index in [4.69, 9.17) is 16.2 Å². The molecule has 0 atom stereocenters. The Morgan fingerprint density at radius 1 is 1.15 bits per heavy atom. The lowest BCUT2D eigenvalue weighted by Crippen LogP contribution is -2.04. The van der Waals surface area contributed by atoms with Gasteiger partial charge in [-0.05, 0) is 42.3 Å². The molecule has 0 bridgehead atoms. The number of nitrogen functional groups attached to an aromatic ring is 2. The van der Waals surface area contributed by atoms with Crippen LogP contribution in [-0.2, 0) is 6.42 Å². The molecule has 3 rings (SSSR count). The lowest BCUT2D eigenvalue weighted by Gasteiger charge is -2.15. The number of phenolic OH excluding ortho intramolecular Hbond substituents is 1. The molecule has 0 fully saturated rings. The van der Waals surface area contributed by atoms with Crippen molar-refractivity contribution in [2.24, 2.45) is 0 Å². The Morgan fingerprint density at radius 3 is 2.52 bits per heavy atom. The summed E-state index contributed by atoms with van der Waals surface area (Å²) in [6.07, 6.45) is 2.05.